The third-order valence-electron chi connectivity index (χ3n) is 2.95. The first kappa shape index (κ1) is 11.6. The lowest BCUT2D eigenvalue weighted by Gasteiger charge is -2.07. The van der Waals surface area contributed by atoms with E-state index in [9.17, 15) is 4.39 Å². The summed E-state index contributed by atoms with van der Waals surface area (Å²) in [6.45, 7) is 1.69. The molecule has 0 fully saturated rings. The highest BCUT2D eigenvalue weighted by Crippen LogP contribution is 2.21. The molecule has 19 heavy (non-hydrogen) atoms. The van der Waals surface area contributed by atoms with Gasteiger partial charge < -0.3 is 5.32 Å². The second-order valence-corrected chi connectivity index (χ2v) is 4.37. The summed E-state index contributed by atoms with van der Waals surface area (Å²) in [6, 6.07) is 11.3. The fraction of sp³-hybridized carbons (Fsp3) is 0.0667. The fourth-order valence-electron chi connectivity index (χ4n) is 1.88. The zero-order valence-corrected chi connectivity index (χ0v) is 10.4. The Hall–Kier alpha value is -2.49. The molecule has 0 aliphatic carbocycles. The predicted molar refractivity (Wildman–Crippen MR) is 74.0 cm³/mol. The fourth-order valence-corrected chi connectivity index (χ4v) is 1.88. The highest BCUT2D eigenvalue weighted by atomic mass is 19.1. The molecule has 0 unspecified atom stereocenters. The number of hydrogen-bond donors (Lipinski definition) is 1. The molecule has 0 bridgehead atoms. The summed E-state index contributed by atoms with van der Waals surface area (Å²) in [5.74, 6) is 0.0477. The number of aromatic nitrogens is 2. The first-order valence-electron chi connectivity index (χ1n) is 5.96. The van der Waals surface area contributed by atoms with Crippen LogP contribution in [0.4, 0.5) is 15.9 Å². The van der Waals surface area contributed by atoms with E-state index >= 15 is 0 Å². The Morgan fingerprint density at radius 3 is 2.79 bits per heavy atom. The minimum Gasteiger partial charge on any atom is -0.340 e. The van der Waals surface area contributed by atoms with Gasteiger partial charge in [0.05, 0.1) is 0 Å². The van der Waals surface area contributed by atoms with Crippen molar-refractivity contribution in [1.29, 1.82) is 0 Å². The largest absolute Gasteiger partial charge is 0.340 e. The number of rotatable bonds is 2. The average molecular weight is 253 g/mol. The molecule has 1 N–H and O–H groups in total. The van der Waals surface area contributed by atoms with Crippen molar-refractivity contribution in [1.82, 2.24) is 9.97 Å². The molecule has 0 atom stereocenters. The van der Waals surface area contributed by atoms with Gasteiger partial charge in [0, 0.05) is 29.0 Å². The summed E-state index contributed by atoms with van der Waals surface area (Å²) >= 11 is 0. The third-order valence-corrected chi connectivity index (χ3v) is 2.95. The molecular weight excluding hydrogens is 241 g/mol. The highest BCUT2D eigenvalue weighted by molar-refractivity contribution is 5.85. The molecule has 0 radical (unpaired) electrons. The van der Waals surface area contributed by atoms with Gasteiger partial charge >= 0.3 is 0 Å². The summed E-state index contributed by atoms with van der Waals surface area (Å²) < 4.78 is 13.4. The van der Waals surface area contributed by atoms with Gasteiger partial charge in [0.2, 0.25) is 5.95 Å². The van der Waals surface area contributed by atoms with E-state index in [1.54, 1.807) is 25.3 Å². The maximum atomic E-state index is 13.4. The Kier molecular flexibility index (Phi) is 2.83. The molecule has 0 saturated heterocycles. The van der Waals surface area contributed by atoms with E-state index in [0.717, 1.165) is 16.5 Å². The van der Waals surface area contributed by atoms with Gasteiger partial charge in [-0.05, 0) is 36.6 Å². The SMILES string of the molecule is Cc1ccc(Nc2ccc3cnccc3c2)nc1F. The zero-order chi connectivity index (χ0) is 13.2. The van der Waals surface area contributed by atoms with Crippen LogP contribution < -0.4 is 5.32 Å². The molecule has 94 valence electrons. The second-order valence-electron chi connectivity index (χ2n) is 4.37. The van der Waals surface area contributed by atoms with Gasteiger partial charge in [0.25, 0.3) is 0 Å². The highest BCUT2D eigenvalue weighted by Gasteiger charge is 2.02. The van der Waals surface area contributed by atoms with Crippen molar-refractivity contribution >= 4 is 22.3 Å². The van der Waals surface area contributed by atoms with E-state index in [1.165, 1.54) is 0 Å². The van der Waals surface area contributed by atoms with E-state index in [1.807, 2.05) is 30.5 Å². The topological polar surface area (TPSA) is 37.8 Å². The Labute approximate surface area is 110 Å². The summed E-state index contributed by atoms with van der Waals surface area (Å²) in [5, 5.41) is 5.23. The lowest BCUT2D eigenvalue weighted by molar-refractivity contribution is 0.576. The van der Waals surface area contributed by atoms with Crippen LogP contribution in [-0.4, -0.2) is 9.97 Å². The first-order valence-corrected chi connectivity index (χ1v) is 5.96. The zero-order valence-electron chi connectivity index (χ0n) is 10.4. The monoisotopic (exact) mass is 253 g/mol. The normalized spacial score (nSPS) is 10.6. The Morgan fingerprint density at radius 1 is 1.05 bits per heavy atom. The van der Waals surface area contributed by atoms with Crippen LogP contribution in [-0.2, 0) is 0 Å². The Bertz CT molecular complexity index is 740. The van der Waals surface area contributed by atoms with Crippen LogP contribution in [0.3, 0.4) is 0 Å². The Morgan fingerprint density at radius 2 is 1.95 bits per heavy atom. The van der Waals surface area contributed by atoms with E-state index in [4.69, 9.17) is 0 Å². The number of halogens is 1. The van der Waals surface area contributed by atoms with Crippen LogP contribution >= 0.6 is 0 Å². The van der Waals surface area contributed by atoms with Crippen molar-refractivity contribution in [2.75, 3.05) is 5.32 Å². The van der Waals surface area contributed by atoms with Crippen molar-refractivity contribution in [3.8, 4) is 0 Å². The van der Waals surface area contributed by atoms with Gasteiger partial charge in [0.1, 0.15) is 5.82 Å². The lowest BCUT2D eigenvalue weighted by Crippen LogP contribution is -1.96. The predicted octanol–water partition coefficient (Wildman–Crippen LogP) is 3.82. The van der Waals surface area contributed by atoms with Gasteiger partial charge in [-0.3, -0.25) is 4.98 Å². The van der Waals surface area contributed by atoms with Gasteiger partial charge in [-0.15, -0.1) is 0 Å². The summed E-state index contributed by atoms with van der Waals surface area (Å²) in [4.78, 5) is 7.92. The average Bonchev–Trinajstić information content (AvgIpc) is 2.43. The number of fused-ring (bicyclic) bond motifs is 1. The lowest BCUT2D eigenvalue weighted by atomic mass is 10.1. The maximum Gasteiger partial charge on any atom is 0.217 e. The summed E-state index contributed by atoms with van der Waals surface area (Å²) in [6.07, 6.45) is 3.55. The van der Waals surface area contributed by atoms with Gasteiger partial charge in [-0.1, -0.05) is 12.1 Å². The van der Waals surface area contributed by atoms with Crippen molar-refractivity contribution in [3.05, 3.63) is 60.3 Å². The first-order chi connectivity index (χ1) is 9.22. The van der Waals surface area contributed by atoms with Crippen LogP contribution in [0.15, 0.2) is 48.8 Å². The minimum absolute atomic E-state index is 0.449. The van der Waals surface area contributed by atoms with Gasteiger partial charge in [-0.2, -0.15) is 4.39 Å². The quantitative estimate of drug-likeness (QED) is 0.705. The molecule has 3 aromatic rings. The number of nitrogens with zero attached hydrogens (tertiary/aromatic N) is 2. The molecule has 1 aromatic carbocycles. The number of nitrogens with one attached hydrogen (secondary N) is 1. The van der Waals surface area contributed by atoms with Crippen LogP contribution in [0.25, 0.3) is 10.8 Å². The van der Waals surface area contributed by atoms with E-state index in [0.29, 0.717) is 11.4 Å². The van der Waals surface area contributed by atoms with Crippen molar-refractivity contribution in [3.63, 3.8) is 0 Å². The Balaban J connectivity index is 1.94. The standard InChI is InChI=1S/C15H12FN3/c1-10-2-5-14(19-15(10)16)18-13-4-3-12-9-17-7-6-11(12)8-13/h2-9H,1H3,(H,18,19). The van der Waals surface area contributed by atoms with Gasteiger partial charge in [0.15, 0.2) is 0 Å². The van der Waals surface area contributed by atoms with E-state index in [-0.39, 0.29) is 0 Å². The smallest absolute Gasteiger partial charge is 0.217 e. The molecular formula is C15H12FN3. The van der Waals surface area contributed by atoms with Gasteiger partial charge in [-0.25, -0.2) is 4.98 Å². The molecule has 0 aliphatic heterocycles. The molecule has 2 aromatic heterocycles. The number of anilines is 2. The molecule has 0 amide bonds. The molecule has 4 heteroatoms. The van der Waals surface area contributed by atoms with Crippen molar-refractivity contribution in [2.24, 2.45) is 0 Å². The summed E-state index contributed by atoms with van der Waals surface area (Å²) in [5.41, 5.74) is 1.41. The number of aryl methyl sites for hydroxylation is 1. The van der Waals surface area contributed by atoms with Crippen LogP contribution in [0.5, 0.6) is 0 Å². The third kappa shape index (κ3) is 2.38. The van der Waals surface area contributed by atoms with Crippen molar-refractivity contribution < 1.29 is 4.39 Å². The number of hydrogen-bond acceptors (Lipinski definition) is 3. The maximum absolute atomic E-state index is 13.4. The van der Waals surface area contributed by atoms with Crippen molar-refractivity contribution in [2.45, 2.75) is 6.92 Å². The van der Waals surface area contributed by atoms with Crippen LogP contribution in [0.1, 0.15) is 5.56 Å². The molecule has 3 nitrogen and oxygen atoms in total. The molecule has 0 spiro atoms. The number of pyridine rings is 2. The molecule has 0 aliphatic rings. The second kappa shape index (κ2) is 4.65. The van der Waals surface area contributed by atoms with Crippen LogP contribution in [0.2, 0.25) is 0 Å². The van der Waals surface area contributed by atoms with E-state index < -0.39 is 5.95 Å². The summed E-state index contributed by atoms with van der Waals surface area (Å²) in [7, 11) is 0. The molecule has 2 heterocycles. The van der Waals surface area contributed by atoms with Crippen LogP contribution in [0, 0.1) is 12.9 Å². The molecule has 3 rings (SSSR count). The van der Waals surface area contributed by atoms with E-state index in [2.05, 4.69) is 15.3 Å². The molecule has 0 saturated carbocycles. The number of benzene rings is 1. The minimum atomic E-state index is -0.449.